The Labute approximate surface area is 819 Å². The molecule has 13 aromatic rings. The Bertz CT molecular complexity index is 5710. The SMILES string of the molecule is Cc1cc(C(C)(C)C)nn1[BH-](n1nc(C(C)(C)C)cc1C)n1nc(C(C)(C)C)cc1C.Cc1cc(C(C)(C)C)nn1[BH-](n1nc(C(C)(C)C)cc1C)n1nc(C(C)(C)C)cc1C.O[B-](c1c(F)c(F)c(F)c(F)c1F)(c1c(F)c(F)c(F)c(F)c1F)c1c(F)c(F)c(F)c(F)c1F.O[B-](c1c(F)c(F)c(F)c(F)c1F)(c1c(F)c(F)c(F)c(F)c1F)c1c(F)c(F)c(F)c(F)c1F.[OH3+].[OH3+].[Zn+2].[Zn+2].c1ccccc1. The first-order valence-corrected chi connectivity index (χ1v) is 41.7. The maximum Gasteiger partial charge on any atom is 2.00 e. The van der Waals surface area contributed by atoms with E-state index in [1.807, 2.05) is 36.4 Å². The second-order valence-electron chi connectivity index (χ2n) is 39.1. The Morgan fingerprint density at radius 2 is 0.275 bits per heavy atom. The number of aromatic nitrogens is 12. The summed E-state index contributed by atoms with van der Waals surface area (Å²) >= 11 is 0. The first-order valence-electron chi connectivity index (χ1n) is 41.7. The summed E-state index contributed by atoms with van der Waals surface area (Å²) in [6, 6.07) is 25.2. The molecule has 0 saturated carbocycles. The van der Waals surface area contributed by atoms with Crippen LogP contribution in [0.1, 0.15) is 193 Å². The molecule has 0 aliphatic heterocycles. The van der Waals surface area contributed by atoms with E-state index in [1.54, 1.807) is 0 Å². The van der Waals surface area contributed by atoms with E-state index in [9.17, 15) is 142 Å². The summed E-state index contributed by atoms with van der Waals surface area (Å²) in [6.07, 6.45) is -12.8. The molecule has 8 N–H and O–H groups in total. The van der Waals surface area contributed by atoms with Gasteiger partial charge in [-0.05, 0) is 112 Å². The zero-order valence-corrected chi connectivity index (χ0v) is 86.6. The molecule has 0 aliphatic rings. The molecule has 142 heavy (non-hydrogen) atoms. The van der Waals surface area contributed by atoms with E-state index in [4.69, 9.17) is 30.6 Å². The molecule has 762 valence electrons. The molecular weight excluding hydrogens is 2060 g/mol. The smallest absolute Gasteiger partial charge is 0.594 e. The molecule has 6 heterocycles. The average Bonchev–Trinajstić information content (AvgIpc) is 0.922. The van der Waals surface area contributed by atoms with Crippen molar-refractivity contribution in [2.75, 3.05) is 0 Å². The van der Waals surface area contributed by atoms with Crippen LogP contribution in [-0.2, 0) is 82.4 Å². The molecule has 7 aromatic carbocycles. The van der Waals surface area contributed by atoms with Crippen LogP contribution in [0.4, 0.5) is 132 Å². The molecule has 0 bridgehead atoms. The number of benzene rings is 7. The molecule has 0 fully saturated rings. The van der Waals surface area contributed by atoms with Crippen LogP contribution in [0.5, 0.6) is 0 Å². The van der Waals surface area contributed by atoms with Crippen LogP contribution >= 0.6 is 0 Å². The molecular formula is C90H94B4F30N12O4Zn2+2. The van der Waals surface area contributed by atoms with E-state index in [-0.39, 0.29) is 82.4 Å². The predicted octanol–water partition coefficient (Wildman–Crippen LogP) is 16.8. The molecule has 0 spiro atoms. The average molecular weight is 2150 g/mol. The van der Waals surface area contributed by atoms with Gasteiger partial charge in [0, 0.05) is 32.5 Å². The van der Waals surface area contributed by atoms with Crippen LogP contribution in [0.15, 0.2) is 72.8 Å². The van der Waals surface area contributed by atoms with Crippen LogP contribution in [0.3, 0.4) is 0 Å². The van der Waals surface area contributed by atoms with Gasteiger partial charge in [0.1, 0.15) is 69.8 Å². The first kappa shape index (κ1) is 122. The maximum atomic E-state index is 14.5. The third-order valence-corrected chi connectivity index (χ3v) is 22.7. The minimum atomic E-state index is -6.41. The summed E-state index contributed by atoms with van der Waals surface area (Å²) in [7, 11) is -2.84. The van der Waals surface area contributed by atoms with Gasteiger partial charge in [-0.2, -0.15) is 0 Å². The zero-order valence-electron chi connectivity index (χ0n) is 80.7. The van der Waals surface area contributed by atoms with E-state index in [0.29, 0.717) is 0 Å². The Morgan fingerprint density at radius 1 is 0.190 bits per heavy atom. The standard InChI is InChI=1S/2C24H40BN6.2C18HBF15O.C6H6.2H2O.2Zn/c2*1-16-13-19(22(4,5)6)26-29(16)25(30-17(2)14-20(27-30)23(7,8)9)31-18(3)15-21(28-31)24(10,11)12;2*20-4-1(5(21)11(27)16(32)10(4)26)19(35,2-6(22)12(28)17(33)13(29)7(2)23)3-8(24)14(30)18(34)15(31)9(3)25;1-2-4-6-5-3-1;;;;/h2*13-15,25H,1-12H3;2*35H;1-6H;2*1H2;;/q4*-1;;;;2*+2/p+2. The number of hydrogen-bond acceptors (Lipinski definition) is 8. The van der Waals surface area contributed by atoms with Gasteiger partial charge < -0.3 is 48.6 Å². The van der Waals surface area contributed by atoms with Crippen molar-refractivity contribution in [2.24, 2.45) is 0 Å². The van der Waals surface area contributed by atoms with Gasteiger partial charge in [0.05, 0.1) is 34.2 Å². The van der Waals surface area contributed by atoms with Crippen molar-refractivity contribution in [3.63, 3.8) is 0 Å². The summed E-state index contributed by atoms with van der Waals surface area (Å²) < 4.78 is 432. The summed E-state index contributed by atoms with van der Waals surface area (Å²) in [4.78, 5) is 0. The molecule has 0 radical (unpaired) electrons. The normalized spacial score (nSPS) is 12.1. The largest absolute Gasteiger partial charge is 2.00 e. The monoisotopic (exact) mass is 2150 g/mol. The van der Waals surface area contributed by atoms with Gasteiger partial charge in [-0.15, -0.1) is 0 Å². The van der Waals surface area contributed by atoms with Crippen molar-refractivity contribution in [3.05, 3.63) is 316 Å². The second kappa shape index (κ2) is 43.5. The van der Waals surface area contributed by atoms with Crippen molar-refractivity contribution in [1.29, 1.82) is 0 Å². The number of rotatable bonds is 12. The van der Waals surface area contributed by atoms with Crippen molar-refractivity contribution >= 4 is 59.7 Å². The minimum absolute atomic E-state index is 0. The van der Waals surface area contributed by atoms with Gasteiger partial charge in [-0.1, -0.05) is 194 Å². The quantitative estimate of drug-likeness (QED) is 0.0394. The summed E-state index contributed by atoms with van der Waals surface area (Å²) in [5.74, 6) is -95.7. The maximum absolute atomic E-state index is 14.5. The predicted molar refractivity (Wildman–Crippen MR) is 468 cm³/mol. The molecule has 0 saturated heterocycles. The summed E-state index contributed by atoms with van der Waals surface area (Å²) in [5.41, 5.74) is -5.29. The molecule has 52 heteroatoms. The number of nitrogens with zero attached hydrogens (tertiary/aromatic N) is 12. The van der Waals surface area contributed by atoms with E-state index in [1.165, 1.54) is 0 Å². The van der Waals surface area contributed by atoms with Crippen molar-refractivity contribution < 1.29 is 192 Å². The van der Waals surface area contributed by atoms with E-state index in [2.05, 4.69) is 230 Å². The first-order chi connectivity index (χ1) is 63.0. The van der Waals surface area contributed by atoms with E-state index >= 15 is 0 Å². The number of aryl methyl sites for hydroxylation is 6. The summed E-state index contributed by atoms with van der Waals surface area (Å²) in [6.45, 7) is 52.5. The molecule has 0 amide bonds. The number of hydrogen-bond donors (Lipinski definition) is 2. The molecule has 0 atom stereocenters. The Hall–Kier alpha value is -11.0. The molecule has 0 unspecified atom stereocenters. The fourth-order valence-corrected chi connectivity index (χ4v) is 14.9. The van der Waals surface area contributed by atoms with Gasteiger partial charge in [-0.25, -0.2) is 162 Å². The minimum Gasteiger partial charge on any atom is -0.594 e. The molecule has 6 aromatic heterocycles. The number of halogens is 30. The van der Waals surface area contributed by atoms with Crippen LogP contribution in [0.2, 0.25) is 0 Å². The van der Waals surface area contributed by atoms with Gasteiger partial charge in [0.2, 0.25) is 12.7 Å². The van der Waals surface area contributed by atoms with Crippen molar-refractivity contribution in [2.45, 2.75) is 199 Å². The zero-order chi connectivity index (χ0) is 105. The van der Waals surface area contributed by atoms with E-state index in [0.717, 1.165) is 68.3 Å². The molecule has 16 nitrogen and oxygen atoms in total. The summed E-state index contributed by atoms with van der Waals surface area (Å²) in [5, 5.41) is 52.1. The molecule has 0 aliphatic carbocycles. The molecule has 13 rings (SSSR count). The Kier molecular flexibility index (Phi) is 37.3. The van der Waals surface area contributed by atoms with Crippen LogP contribution in [0.25, 0.3) is 0 Å². The fourth-order valence-electron chi connectivity index (χ4n) is 14.9. The van der Waals surface area contributed by atoms with E-state index < -0.39 is 234 Å². The van der Waals surface area contributed by atoms with Crippen LogP contribution in [-0.4, -0.2) is 95.1 Å². The van der Waals surface area contributed by atoms with Crippen molar-refractivity contribution in [3.8, 4) is 0 Å². The Morgan fingerprint density at radius 3 is 0.352 bits per heavy atom. The van der Waals surface area contributed by atoms with Gasteiger partial charge >= 0.3 is 53.2 Å². The van der Waals surface area contributed by atoms with Crippen LogP contribution in [0, 0.1) is 216 Å². The van der Waals surface area contributed by atoms with Gasteiger partial charge in [0.25, 0.3) is 0 Å². The Balaban J connectivity index is 0.000000324. The van der Waals surface area contributed by atoms with Crippen molar-refractivity contribution in [1.82, 2.24) is 58.1 Å². The third-order valence-electron chi connectivity index (χ3n) is 22.7. The topological polar surface area (TPSA) is 213 Å². The fraction of sp³-hybridized carbons (Fsp3) is 0.333. The van der Waals surface area contributed by atoms with Gasteiger partial charge in [-0.3, -0.25) is 0 Å². The van der Waals surface area contributed by atoms with Gasteiger partial charge in [0.15, 0.2) is 105 Å². The second-order valence-corrected chi connectivity index (χ2v) is 39.1. The van der Waals surface area contributed by atoms with Crippen LogP contribution < -0.4 is 32.8 Å². The third kappa shape index (κ3) is 22.4.